The van der Waals surface area contributed by atoms with Gasteiger partial charge < -0.3 is 10.6 Å². The van der Waals surface area contributed by atoms with Gasteiger partial charge in [-0.2, -0.15) is 0 Å². The van der Waals surface area contributed by atoms with Gasteiger partial charge in [-0.1, -0.05) is 24.3 Å². The summed E-state index contributed by atoms with van der Waals surface area (Å²) in [6.07, 6.45) is 1.34. The molecule has 0 aliphatic carbocycles. The molecule has 2 aromatic carbocycles. The number of rotatable bonds is 3. The quantitative estimate of drug-likeness (QED) is 0.761. The summed E-state index contributed by atoms with van der Waals surface area (Å²) < 4.78 is 0. The number of amides is 1. The van der Waals surface area contributed by atoms with Crippen molar-refractivity contribution in [1.82, 2.24) is 9.97 Å². The second-order valence-corrected chi connectivity index (χ2v) is 6.48. The van der Waals surface area contributed by atoms with E-state index in [4.69, 9.17) is 4.98 Å². The molecule has 1 aliphatic rings. The molecule has 0 saturated carbocycles. The van der Waals surface area contributed by atoms with E-state index in [1.165, 1.54) is 11.1 Å². The van der Waals surface area contributed by atoms with Crippen LogP contribution in [0.2, 0.25) is 0 Å². The summed E-state index contributed by atoms with van der Waals surface area (Å²) in [6.45, 7) is 4.08. The van der Waals surface area contributed by atoms with Gasteiger partial charge in [0.05, 0.1) is 22.8 Å². The third-order valence-electron chi connectivity index (χ3n) is 4.62. The van der Waals surface area contributed by atoms with E-state index in [2.05, 4.69) is 28.6 Å². The summed E-state index contributed by atoms with van der Waals surface area (Å²) in [7, 11) is 0. The fraction of sp³-hybridized carbons (Fsp3) is 0.250. The summed E-state index contributed by atoms with van der Waals surface area (Å²) in [5.74, 6) is 0.894. The molecule has 0 bridgehead atoms. The Morgan fingerprint density at radius 2 is 1.84 bits per heavy atom. The van der Waals surface area contributed by atoms with Gasteiger partial charge in [-0.25, -0.2) is 9.97 Å². The minimum Gasteiger partial charge on any atom is -0.362 e. The van der Waals surface area contributed by atoms with Crippen molar-refractivity contribution in [2.45, 2.75) is 32.7 Å². The van der Waals surface area contributed by atoms with Crippen molar-refractivity contribution in [1.29, 1.82) is 0 Å². The molecule has 1 aliphatic heterocycles. The summed E-state index contributed by atoms with van der Waals surface area (Å²) in [5, 5.41) is 6.40. The Hall–Kier alpha value is -2.95. The van der Waals surface area contributed by atoms with Crippen molar-refractivity contribution in [2.75, 3.05) is 10.6 Å². The lowest BCUT2D eigenvalue weighted by molar-refractivity contribution is -0.116. The van der Waals surface area contributed by atoms with Crippen LogP contribution in [0.15, 0.2) is 42.5 Å². The zero-order chi connectivity index (χ0) is 17.4. The van der Waals surface area contributed by atoms with Gasteiger partial charge in [0, 0.05) is 12.1 Å². The number of aryl methyl sites for hydroxylation is 2. The minimum absolute atomic E-state index is 0.0912. The molecule has 3 aromatic rings. The third kappa shape index (κ3) is 3.05. The lowest BCUT2D eigenvalue weighted by Crippen LogP contribution is -2.19. The van der Waals surface area contributed by atoms with Gasteiger partial charge in [0.25, 0.3) is 0 Å². The molecule has 0 fully saturated rings. The molecule has 1 amide bonds. The molecule has 2 N–H and O–H groups in total. The van der Waals surface area contributed by atoms with Crippen LogP contribution in [0.1, 0.15) is 36.2 Å². The first kappa shape index (κ1) is 15.6. The molecule has 126 valence electrons. The molecular formula is C20H20N4O. The van der Waals surface area contributed by atoms with Gasteiger partial charge in [-0.3, -0.25) is 4.79 Å². The van der Waals surface area contributed by atoms with Crippen LogP contribution in [0, 0.1) is 6.92 Å². The van der Waals surface area contributed by atoms with Crippen molar-refractivity contribution in [2.24, 2.45) is 0 Å². The summed E-state index contributed by atoms with van der Waals surface area (Å²) in [5.41, 5.74) is 5.96. The van der Waals surface area contributed by atoms with Crippen LogP contribution in [-0.4, -0.2) is 15.9 Å². The van der Waals surface area contributed by atoms with Gasteiger partial charge in [0.2, 0.25) is 5.91 Å². The molecule has 4 rings (SSSR count). The lowest BCUT2D eigenvalue weighted by atomic mass is 9.98. The van der Waals surface area contributed by atoms with Gasteiger partial charge in [0.1, 0.15) is 5.82 Å². The Labute approximate surface area is 146 Å². The molecule has 5 heteroatoms. The average molecular weight is 332 g/mol. The van der Waals surface area contributed by atoms with E-state index in [9.17, 15) is 4.79 Å². The Morgan fingerprint density at radius 3 is 2.64 bits per heavy atom. The maximum atomic E-state index is 11.5. The second kappa shape index (κ2) is 6.16. The zero-order valence-electron chi connectivity index (χ0n) is 14.3. The third-order valence-corrected chi connectivity index (χ3v) is 4.62. The molecule has 1 aromatic heterocycles. The molecule has 0 spiro atoms. The predicted octanol–water partition coefficient (Wildman–Crippen LogP) is 4.00. The Kier molecular flexibility index (Phi) is 3.84. The van der Waals surface area contributed by atoms with Crippen molar-refractivity contribution in [3.8, 4) is 0 Å². The predicted molar refractivity (Wildman–Crippen MR) is 99.7 cm³/mol. The normalized spacial score (nSPS) is 14.7. The van der Waals surface area contributed by atoms with Crippen LogP contribution in [0.25, 0.3) is 11.0 Å². The fourth-order valence-electron chi connectivity index (χ4n) is 3.19. The van der Waals surface area contributed by atoms with Crippen molar-refractivity contribution in [3.63, 3.8) is 0 Å². The van der Waals surface area contributed by atoms with Crippen LogP contribution >= 0.6 is 0 Å². The zero-order valence-corrected chi connectivity index (χ0v) is 14.3. The van der Waals surface area contributed by atoms with Crippen LogP contribution in [-0.2, 0) is 11.2 Å². The number of anilines is 2. The Balaban J connectivity index is 1.61. The van der Waals surface area contributed by atoms with Crippen molar-refractivity contribution in [3.05, 3.63) is 59.3 Å². The van der Waals surface area contributed by atoms with E-state index >= 15 is 0 Å². The van der Waals surface area contributed by atoms with Gasteiger partial charge in [0.15, 0.2) is 0 Å². The highest BCUT2D eigenvalue weighted by Gasteiger charge is 2.17. The molecular weight excluding hydrogens is 312 g/mol. The number of nitrogens with one attached hydrogen (secondary N) is 2. The monoisotopic (exact) mass is 332 g/mol. The van der Waals surface area contributed by atoms with Crippen LogP contribution in [0.5, 0.6) is 0 Å². The van der Waals surface area contributed by atoms with Crippen molar-refractivity contribution >= 4 is 28.4 Å². The first-order valence-electron chi connectivity index (χ1n) is 8.53. The Bertz CT molecular complexity index is 967. The highest BCUT2D eigenvalue weighted by Crippen LogP contribution is 2.28. The number of fused-ring (bicyclic) bond motifs is 2. The first-order valence-corrected chi connectivity index (χ1v) is 8.53. The molecule has 5 nitrogen and oxygen atoms in total. The number of hydrogen-bond donors (Lipinski definition) is 2. The molecule has 25 heavy (non-hydrogen) atoms. The molecule has 0 saturated heterocycles. The maximum absolute atomic E-state index is 11.5. The molecule has 2 heterocycles. The largest absolute Gasteiger partial charge is 0.362 e. The molecule has 0 radical (unpaired) electrons. The number of carbonyl (C=O) groups is 1. The van der Waals surface area contributed by atoms with E-state index in [1.54, 1.807) is 0 Å². The van der Waals surface area contributed by atoms with Gasteiger partial charge in [-0.15, -0.1) is 0 Å². The van der Waals surface area contributed by atoms with E-state index < -0.39 is 0 Å². The number of carbonyl (C=O) groups excluding carboxylic acids is 1. The SMILES string of the molecule is Cc1nc2ccccc2nc1NC(C)c1ccc2c(c1)CCC(=O)N2. The van der Waals surface area contributed by atoms with Gasteiger partial charge in [-0.05, 0) is 49.6 Å². The highest BCUT2D eigenvalue weighted by molar-refractivity contribution is 5.93. The van der Waals surface area contributed by atoms with Crippen LogP contribution < -0.4 is 10.6 Å². The topological polar surface area (TPSA) is 66.9 Å². The van der Waals surface area contributed by atoms with E-state index in [0.717, 1.165) is 34.7 Å². The number of hydrogen-bond acceptors (Lipinski definition) is 4. The van der Waals surface area contributed by atoms with E-state index in [1.807, 2.05) is 43.3 Å². The van der Waals surface area contributed by atoms with Crippen LogP contribution in [0.3, 0.4) is 0 Å². The number of nitrogens with zero attached hydrogens (tertiary/aromatic N) is 2. The van der Waals surface area contributed by atoms with E-state index in [-0.39, 0.29) is 11.9 Å². The Morgan fingerprint density at radius 1 is 1.08 bits per heavy atom. The van der Waals surface area contributed by atoms with Crippen LogP contribution in [0.4, 0.5) is 11.5 Å². The summed E-state index contributed by atoms with van der Waals surface area (Å²) >= 11 is 0. The maximum Gasteiger partial charge on any atom is 0.224 e. The average Bonchev–Trinajstić information content (AvgIpc) is 2.61. The minimum atomic E-state index is 0.0912. The molecule has 1 atom stereocenters. The number of para-hydroxylation sites is 2. The number of aromatic nitrogens is 2. The van der Waals surface area contributed by atoms with Gasteiger partial charge >= 0.3 is 0 Å². The number of benzene rings is 2. The first-order chi connectivity index (χ1) is 12.1. The fourth-order valence-corrected chi connectivity index (χ4v) is 3.19. The second-order valence-electron chi connectivity index (χ2n) is 6.48. The lowest BCUT2D eigenvalue weighted by Gasteiger charge is -2.21. The smallest absolute Gasteiger partial charge is 0.224 e. The standard InChI is InChI=1S/C20H20N4O/c1-12(14-7-9-16-15(11-14)8-10-19(25)23-16)22-20-13(2)21-17-5-3-4-6-18(17)24-20/h3-7,9,11-12H,8,10H2,1-2H3,(H,22,24)(H,23,25). The molecule has 1 unspecified atom stereocenters. The van der Waals surface area contributed by atoms with Crippen molar-refractivity contribution < 1.29 is 4.79 Å². The van der Waals surface area contributed by atoms with E-state index in [0.29, 0.717) is 6.42 Å². The highest BCUT2D eigenvalue weighted by atomic mass is 16.1. The summed E-state index contributed by atoms with van der Waals surface area (Å²) in [4.78, 5) is 20.8. The summed E-state index contributed by atoms with van der Waals surface area (Å²) in [6, 6.07) is 14.2.